The Morgan fingerprint density at radius 1 is 1.35 bits per heavy atom. The smallest absolute Gasteiger partial charge is 0.331 e. The molecule has 0 unspecified atom stereocenters. The number of aryl methyl sites for hydroxylation is 1. The first-order chi connectivity index (χ1) is 9.41. The van der Waals surface area contributed by atoms with Crippen LogP contribution in [0.2, 0.25) is 0 Å². The van der Waals surface area contributed by atoms with Gasteiger partial charge in [0.25, 0.3) is 0 Å². The van der Waals surface area contributed by atoms with E-state index in [1.54, 1.807) is 0 Å². The molecule has 0 saturated heterocycles. The zero-order valence-corrected chi connectivity index (χ0v) is 11.6. The molecule has 1 N–H and O–H groups in total. The number of aromatic nitrogens is 4. The van der Waals surface area contributed by atoms with Gasteiger partial charge in [-0.2, -0.15) is 0 Å². The van der Waals surface area contributed by atoms with Crippen LogP contribution < -0.4 is 4.74 Å². The number of benzene rings is 1. The van der Waals surface area contributed by atoms with Gasteiger partial charge < -0.3 is 9.84 Å². The normalized spacial score (nSPS) is 11.3. The molecule has 0 aliphatic carbocycles. The minimum atomic E-state index is -1.23. The van der Waals surface area contributed by atoms with Crippen LogP contribution in [0.15, 0.2) is 24.3 Å². The second-order valence-corrected chi connectivity index (χ2v) is 4.97. The SMILES string of the molecule is Cc1ccc(OCc2nnnn2C(C)(C)C(=O)O)cc1. The Bertz CT molecular complexity index is 604. The van der Waals surface area contributed by atoms with Crippen LogP contribution in [0, 0.1) is 6.92 Å². The topological polar surface area (TPSA) is 90.1 Å². The van der Waals surface area contributed by atoms with Crippen LogP contribution in [-0.2, 0) is 16.9 Å². The van der Waals surface area contributed by atoms with Crippen molar-refractivity contribution in [3.63, 3.8) is 0 Å². The molecule has 2 aromatic rings. The van der Waals surface area contributed by atoms with Crippen molar-refractivity contribution in [2.75, 3.05) is 0 Å². The molecule has 0 radical (unpaired) electrons. The third-order valence-corrected chi connectivity index (χ3v) is 2.98. The summed E-state index contributed by atoms with van der Waals surface area (Å²) in [5, 5.41) is 20.3. The lowest BCUT2D eigenvalue weighted by molar-refractivity contribution is -0.146. The van der Waals surface area contributed by atoms with Gasteiger partial charge in [0, 0.05) is 0 Å². The fourth-order valence-electron chi connectivity index (χ4n) is 1.60. The van der Waals surface area contributed by atoms with Gasteiger partial charge in [-0.15, -0.1) is 5.10 Å². The summed E-state index contributed by atoms with van der Waals surface area (Å²) >= 11 is 0. The van der Waals surface area contributed by atoms with Crippen LogP contribution in [0.5, 0.6) is 5.75 Å². The van der Waals surface area contributed by atoms with Gasteiger partial charge in [-0.05, 0) is 43.3 Å². The number of hydrogen-bond donors (Lipinski definition) is 1. The van der Waals surface area contributed by atoms with Crippen molar-refractivity contribution in [3.8, 4) is 5.75 Å². The number of hydrogen-bond acceptors (Lipinski definition) is 5. The van der Waals surface area contributed by atoms with E-state index in [9.17, 15) is 9.90 Å². The lowest BCUT2D eigenvalue weighted by Gasteiger charge is -2.20. The molecular weight excluding hydrogens is 260 g/mol. The quantitative estimate of drug-likeness (QED) is 0.887. The second kappa shape index (κ2) is 5.28. The molecule has 20 heavy (non-hydrogen) atoms. The van der Waals surface area contributed by atoms with E-state index in [1.807, 2.05) is 31.2 Å². The van der Waals surface area contributed by atoms with E-state index < -0.39 is 11.5 Å². The first kappa shape index (κ1) is 14.0. The van der Waals surface area contributed by atoms with E-state index in [0.29, 0.717) is 11.6 Å². The first-order valence-electron chi connectivity index (χ1n) is 6.12. The predicted octanol–water partition coefficient (Wildman–Crippen LogP) is 1.38. The number of carbonyl (C=O) groups is 1. The van der Waals surface area contributed by atoms with Crippen LogP contribution in [0.3, 0.4) is 0 Å². The zero-order chi connectivity index (χ0) is 14.8. The Balaban J connectivity index is 2.13. The largest absolute Gasteiger partial charge is 0.486 e. The summed E-state index contributed by atoms with van der Waals surface area (Å²) in [5.74, 6) is 0.0256. The minimum Gasteiger partial charge on any atom is -0.486 e. The number of aliphatic carboxylic acids is 1. The zero-order valence-electron chi connectivity index (χ0n) is 11.6. The Kier molecular flexibility index (Phi) is 3.69. The third-order valence-electron chi connectivity index (χ3n) is 2.98. The summed E-state index contributed by atoms with van der Waals surface area (Å²) in [6.07, 6.45) is 0. The van der Waals surface area contributed by atoms with Crippen molar-refractivity contribution in [1.29, 1.82) is 0 Å². The van der Waals surface area contributed by atoms with Gasteiger partial charge in [-0.25, -0.2) is 9.48 Å². The first-order valence-corrected chi connectivity index (χ1v) is 6.12. The number of tetrazole rings is 1. The molecule has 2 rings (SSSR count). The molecular formula is C13H16N4O3. The summed E-state index contributed by atoms with van der Waals surface area (Å²) in [6, 6.07) is 7.54. The number of ether oxygens (including phenoxy) is 1. The second-order valence-electron chi connectivity index (χ2n) is 4.97. The molecule has 0 atom stereocenters. The molecule has 0 aliphatic heterocycles. The highest BCUT2D eigenvalue weighted by Gasteiger charge is 2.33. The summed E-state index contributed by atoms with van der Waals surface area (Å²) in [7, 11) is 0. The molecule has 0 aliphatic rings. The molecule has 0 spiro atoms. The molecule has 106 valence electrons. The van der Waals surface area contributed by atoms with Crippen molar-refractivity contribution in [2.45, 2.75) is 32.9 Å². The van der Waals surface area contributed by atoms with E-state index in [4.69, 9.17) is 4.74 Å². The number of carboxylic acid groups (broad SMARTS) is 1. The minimum absolute atomic E-state index is 0.104. The van der Waals surface area contributed by atoms with Crippen LogP contribution in [0.4, 0.5) is 0 Å². The molecule has 1 heterocycles. The van der Waals surface area contributed by atoms with Gasteiger partial charge in [-0.1, -0.05) is 17.7 Å². The lowest BCUT2D eigenvalue weighted by Crippen LogP contribution is -2.38. The summed E-state index contributed by atoms with van der Waals surface area (Å²) in [6.45, 7) is 5.15. The van der Waals surface area contributed by atoms with Crippen LogP contribution in [0.25, 0.3) is 0 Å². The number of rotatable bonds is 5. The molecule has 0 fully saturated rings. The molecule has 7 nitrogen and oxygen atoms in total. The van der Waals surface area contributed by atoms with Gasteiger partial charge >= 0.3 is 5.97 Å². The van der Waals surface area contributed by atoms with E-state index in [0.717, 1.165) is 5.56 Å². The summed E-state index contributed by atoms with van der Waals surface area (Å²) in [5.41, 5.74) is -0.0932. The van der Waals surface area contributed by atoms with E-state index >= 15 is 0 Å². The van der Waals surface area contributed by atoms with E-state index in [-0.39, 0.29) is 6.61 Å². The van der Waals surface area contributed by atoms with Crippen molar-refractivity contribution in [2.24, 2.45) is 0 Å². The Morgan fingerprint density at radius 3 is 2.60 bits per heavy atom. The molecule has 0 amide bonds. The van der Waals surface area contributed by atoms with E-state index in [2.05, 4.69) is 15.5 Å². The maximum atomic E-state index is 11.2. The fraction of sp³-hybridized carbons (Fsp3) is 0.385. The van der Waals surface area contributed by atoms with Crippen molar-refractivity contribution in [1.82, 2.24) is 20.2 Å². The predicted molar refractivity (Wildman–Crippen MR) is 70.3 cm³/mol. The highest BCUT2D eigenvalue weighted by atomic mass is 16.5. The number of nitrogens with zero attached hydrogens (tertiary/aromatic N) is 4. The lowest BCUT2D eigenvalue weighted by atomic mass is 10.1. The average molecular weight is 276 g/mol. The van der Waals surface area contributed by atoms with Crippen molar-refractivity contribution in [3.05, 3.63) is 35.7 Å². The van der Waals surface area contributed by atoms with Gasteiger partial charge in [0.1, 0.15) is 12.4 Å². The molecule has 1 aromatic carbocycles. The summed E-state index contributed by atoms with van der Waals surface area (Å²) in [4.78, 5) is 11.2. The highest BCUT2D eigenvalue weighted by Crippen LogP contribution is 2.17. The highest BCUT2D eigenvalue weighted by molar-refractivity contribution is 5.75. The Hall–Kier alpha value is -2.44. The third kappa shape index (κ3) is 2.76. The molecule has 0 bridgehead atoms. The van der Waals surface area contributed by atoms with Crippen LogP contribution >= 0.6 is 0 Å². The maximum Gasteiger partial charge on any atom is 0.331 e. The standard InChI is InChI=1S/C13H16N4O3/c1-9-4-6-10(7-5-9)20-8-11-14-15-16-17(11)13(2,3)12(18)19/h4-7H,8H2,1-3H3,(H,18,19). The Labute approximate surface area is 116 Å². The molecule has 0 saturated carbocycles. The monoisotopic (exact) mass is 276 g/mol. The molecule has 7 heteroatoms. The van der Waals surface area contributed by atoms with Gasteiger partial charge in [0.15, 0.2) is 11.4 Å². The average Bonchev–Trinajstić information content (AvgIpc) is 2.87. The van der Waals surface area contributed by atoms with E-state index in [1.165, 1.54) is 18.5 Å². The van der Waals surface area contributed by atoms with Crippen LogP contribution in [0.1, 0.15) is 25.2 Å². The summed E-state index contributed by atoms with van der Waals surface area (Å²) < 4.78 is 6.82. The Morgan fingerprint density at radius 2 is 2.00 bits per heavy atom. The van der Waals surface area contributed by atoms with Gasteiger partial charge in [0.05, 0.1) is 0 Å². The van der Waals surface area contributed by atoms with Crippen LogP contribution in [-0.4, -0.2) is 31.3 Å². The van der Waals surface area contributed by atoms with Gasteiger partial charge in [0.2, 0.25) is 0 Å². The van der Waals surface area contributed by atoms with Crippen molar-refractivity contribution >= 4 is 5.97 Å². The number of carboxylic acids is 1. The maximum absolute atomic E-state index is 11.2. The van der Waals surface area contributed by atoms with Gasteiger partial charge in [-0.3, -0.25) is 0 Å². The molecule has 1 aromatic heterocycles. The fourth-order valence-corrected chi connectivity index (χ4v) is 1.60. The van der Waals surface area contributed by atoms with Crippen molar-refractivity contribution < 1.29 is 14.6 Å².